The average molecular weight is 294 g/mol. The van der Waals surface area contributed by atoms with Crippen molar-refractivity contribution in [2.24, 2.45) is 0 Å². The first-order chi connectivity index (χ1) is 10.1. The molecule has 0 radical (unpaired) electrons. The number of aliphatic hydroxyl groups excluding tert-OH is 1. The van der Waals surface area contributed by atoms with Crippen molar-refractivity contribution in [3.63, 3.8) is 0 Å². The summed E-state index contributed by atoms with van der Waals surface area (Å²) in [5, 5.41) is 12.2. The summed E-state index contributed by atoms with van der Waals surface area (Å²) in [5.41, 5.74) is 1.19. The highest BCUT2D eigenvalue weighted by atomic mass is 16.2. The summed E-state index contributed by atoms with van der Waals surface area (Å²) in [6.07, 6.45) is 5.70. The van der Waals surface area contributed by atoms with Gasteiger partial charge in [0.05, 0.1) is 0 Å². The summed E-state index contributed by atoms with van der Waals surface area (Å²) in [5.74, 6) is 2.35. The van der Waals surface area contributed by atoms with Crippen LogP contribution in [0.2, 0.25) is 0 Å². The number of anilines is 2. The van der Waals surface area contributed by atoms with Crippen LogP contribution in [0.1, 0.15) is 57.9 Å². The minimum absolute atomic E-state index is 0.277. The van der Waals surface area contributed by atoms with Crippen LogP contribution in [0, 0.1) is 0 Å². The summed E-state index contributed by atoms with van der Waals surface area (Å²) < 4.78 is 0. The monoisotopic (exact) mass is 294 g/mol. The molecule has 0 aliphatic rings. The van der Waals surface area contributed by atoms with Crippen molar-refractivity contribution >= 4 is 11.6 Å². The molecule has 0 spiro atoms. The first kappa shape index (κ1) is 17.7. The normalized spacial score (nSPS) is 11.0. The van der Waals surface area contributed by atoms with Crippen molar-refractivity contribution in [1.82, 2.24) is 9.97 Å². The van der Waals surface area contributed by atoms with Crippen LogP contribution >= 0.6 is 0 Å². The molecule has 0 unspecified atom stereocenters. The van der Waals surface area contributed by atoms with Gasteiger partial charge in [-0.2, -0.15) is 0 Å². The fourth-order valence-corrected chi connectivity index (χ4v) is 2.35. The van der Waals surface area contributed by atoms with E-state index in [1.807, 2.05) is 0 Å². The number of unbranched alkanes of at least 4 members (excludes halogenated alkanes) is 2. The Morgan fingerprint density at radius 2 is 2.00 bits per heavy atom. The van der Waals surface area contributed by atoms with Crippen molar-refractivity contribution in [3.05, 3.63) is 11.9 Å². The van der Waals surface area contributed by atoms with Crippen LogP contribution in [0.25, 0.3) is 0 Å². The third-order valence-corrected chi connectivity index (χ3v) is 3.50. The molecule has 0 saturated carbocycles. The maximum Gasteiger partial charge on any atom is 0.137 e. The van der Waals surface area contributed by atoms with E-state index in [1.165, 1.54) is 5.56 Å². The van der Waals surface area contributed by atoms with Crippen LogP contribution in [-0.2, 0) is 0 Å². The molecule has 0 atom stereocenters. The summed E-state index contributed by atoms with van der Waals surface area (Å²) in [4.78, 5) is 11.1. The molecule has 1 rings (SSSR count). The van der Waals surface area contributed by atoms with Gasteiger partial charge in [-0.05, 0) is 31.6 Å². The van der Waals surface area contributed by atoms with Crippen molar-refractivity contribution in [3.8, 4) is 0 Å². The van der Waals surface area contributed by atoms with Crippen LogP contribution in [0.15, 0.2) is 6.33 Å². The fourth-order valence-electron chi connectivity index (χ4n) is 2.35. The van der Waals surface area contributed by atoms with E-state index in [4.69, 9.17) is 5.11 Å². The van der Waals surface area contributed by atoms with Gasteiger partial charge < -0.3 is 15.3 Å². The van der Waals surface area contributed by atoms with Gasteiger partial charge in [-0.25, -0.2) is 9.97 Å². The number of hydrogen-bond donors (Lipinski definition) is 2. The minimum atomic E-state index is 0.277. The van der Waals surface area contributed by atoms with Gasteiger partial charge in [-0.1, -0.05) is 20.8 Å². The first-order valence-corrected chi connectivity index (χ1v) is 8.02. The van der Waals surface area contributed by atoms with E-state index in [2.05, 4.69) is 48.0 Å². The molecule has 5 nitrogen and oxygen atoms in total. The van der Waals surface area contributed by atoms with Crippen LogP contribution in [-0.4, -0.2) is 41.8 Å². The minimum Gasteiger partial charge on any atom is -0.396 e. The van der Waals surface area contributed by atoms with Crippen LogP contribution in [0.3, 0.4) is 0 Å². The molecule has 5 heteroatoms. The lowest BCUT2D eigenvalue weighted by Gasteiger charge is -2.24. The lowest BCUT2D eigenvalue weighted by atomic mass is 10.0. The van der Waals surface area contributed by atoms with Crippen LogP contribution < -0.4 is 10.2 Å². The van der Waals surface area contributed by atoms with E-state index in [0.29, 0.717) is 5.92 Å². The highest BCUT2D eigenvalue weighted by Crippen LogP contribution is 2.30. The predicted octanol–water partition coefficient (Wildman–Crippen LogP) is 3.02. The molecule has 0 bridgehead atoms. The number of nitrogens with one attached hydrogen (secondary N) is 1. The molecule has 1 aromatic heterocycles. The molecule has 120 valence electrons. The molecule has 1 aromatic rings. The van der Waals surface area contributed by atoms with Crippen LogP contribution in [0.5, 0.6) is 0 Å². The molecular formula is C16H30N4O. The number of aliphatic hydroxyl groups is 1. The number of nitrogens with zero attached hydrogens (tertiary/aromatic N) is 3. The summed E-state index contributed by atoms with van der Waals surface area (Å²) in [6.45, 7) is 8.66. The molecule has 0 saturated heterocycles. The zero-order chi connectivity index (χ0) is 15.7. The Morgan fingerprint density at radius 3 is 2.62 bits per heavy atom. The zero-order valence-corrected chi connectivity index (χ0v) is 13.9. The van der Waals surface area contributed by atoms with Crippen LogP contribution in [0.4, 0.5) is 11.6 Å². The van der Waals surface area contributed by atoms with Crippen molar-refractivity contribution < 1.29 is 5.11 Å². The lowest BCUT2D eigenvalue weighted by molar-refractivity contribution is 0.283. The summed E-state index contributed by atoms with van der Waals surface area (Å²) >= 11 is 0. The zero-order valence-electron chi connectivity index (χ0n) is 13.9. The van der Waals surface area contributed by atoms with Gasteiger partial charge in [0.15, 0.2) is 0 Å². The Hall–Kier alpha value is -1.36. The Labute approximate surface area is 128 Å². The van der Waals surface area contributed by atoms with E-state index in [1.54, 1.807) is 6.33 Å². The first-order valence-electron chi connectivity index (χ1n) is 8.02. The molecule has 0 aromatic carbocycles. The second-order valence-electron chi connectivity index (χ2n) is 5.75. The quantitative estimate of drug-likeness (QED) is 0.650. The predicted molar refractivity (Wildman–Crippen MR) is 89.1 cm³/mol. The molecule has 0 fully saturated rings. The molecule has 0 aliphatic carbocycles. The number of rotatable bonds is 10. The second-order valence-corrected chi connectivity index (χ2v) is 5.75. The Morgan fingerprint density at radius 1 is 1.24 bits per heavy atom. The van der Waals surface area contributed by atoms with Gasteiger partial charge in [0.1, 0.15) is 18.0 Å². The lowest BCUT2D eigenvalue weighted by Crippen LogP contribution is -2.23. The van der Waals surface area contributed by atoms with Gasteiger partial charge >= 0.3 is 0 Å². The summed E-state index contributed by atoms with van der Waals surface area (Å²) in [7, 11) is 2.08. The van der Waals surface area contributed by atoms with E-state index < -0.39 is 0 Å². The van der Waals surface area contributed by atoms with E-state index >= 15 is 0 Å². The van der Waals surface area contributed by atoms with Gasteiger partial charge in [0, 0.05) is 32.3 Å². The van der Waals surface area contributed by atoms with E-state index in [0.717, 1.165) is 50.4 Å². The van der Waals surface area contributed by atoms with Gasteiger partial charge in [-0.15, -0.1) is 0 Å². The van der Waals surface area contributed by atoms with Crippen molar-refractivity contribution in [2.75, 3.05) is 37.0 Å². The fraction of sp³-hybridized carbons (Fsp3) is 0.750. The van der Waals surface area contributed by atoms with E-state index in [-0.39, 0.29) is 6.61 Å². The van der Waals surface area contributed by atoms with E-state index in [9.17, 15) is 0 Å². The van der Waals surface area contributed by atoms with Gasteiger partial charge in [0.2, 0.25) is 0 Å². The molecule has 1 heterocycles. The molecule has 0 amide bonds. The SMILES string of the molecule is CCCNc1ncnc(N(C)CCCCCO)c1C(C)C. The molecule has 21 heavy (non-hydrogen) atoms. The summed E-state index contributed by atoms with van der Waals surface area (Å²) in [6, 6.07) is 0. The maximum absolute atomic E-state index is 8.84. The third kappa shape index (κ3) is 5.50. The highest BCUT2D eigenvalue weighted by molar-refractivity contribution is 5.60. The Bertz CT molecular complexity index is 409. The Kier molecular flexibility index (Phi) is 8.05. The topological polar surface area (TPSA) is 61.3 Å². The van der Waals surface area contributed by atoms with Crippen molar-refractivity contribution in [2.45, 2.75) is 52.4 Å². The van der Waals surface area contributed by atoms with Gasteiger partial charge in [0.25, 0.3) is 0 Å². The molecule has 0 aliphatic heterocycles. The highest BCUT2D eigenvalue weighted by Gasteiger charge is 2.17. The van der Waals surface area contributed by atoms with Gasteiger partial charge in [-0.3, -0.25) is 0 Å². The number of aromatic nitrogens is 2. The largest absolute Gasteiger partial charge is 0.396 e. The van der Waals surface area contributed by atoms with Crippen molar-refractivity contribution in [1.29, 1.82) is 0 Å². The second kappa shape index (κ2) is 9.55. The molecular weight excluding hydrogens is 264 g/mol. The smallest absolute Gasteiger partial charge is 0.137 e. The maximum atomic E-state index is 8.84. The number of hydrogen-bond acceptors (Lipinski definition) is 5. The Balaban J connectivity index is 2.84. The third-order valence-electron chi connectivity index (χ3n) is 3.50. The molecule has 2 N–H and O–H groups in total. The average Bonchev–Trinajstić information content (AvgIpc) is 2.48. The standard InChI is InChI=1S/C16H30N4O/c1-5-9-17-15-14(13(2)3)16(19-12-18-15)20(4)10-7-6-8-11-21/h12-13,21H,5-11H2,1-4H3,(H,17,18,19).